The number of aromatic nitrogens is 2. The van der Waals surface area contributed by atoms with Gasteiger partial charge in [-0.15, -0.1) is 0 Å². The minimum Gasteiger partial charge on any atom is -0.493 e. The van der Waals surface area contributed by atoms with Crippen LogP contribution in [-0.2, 0) is 0 Å². The molecule has 23 heavy (non-hydrogen) atoms. The third-order valence-electron chi connectivity index (χ3n) is 4.35. The van der Waals surface area contributed by atoms with Crippen molar-refractivity contribution >= 4 is 0 Å². The average Bonchev–Trinajstić information content (AvgIpc) is 2.54. The highest BCUT2D eigenvalue weighted by Gasteiger charge is 2.18. The van der Waals surface area contributed by atoms with Gasteiger partial charge in [-0.2, -0.15) is 5.10 Å². The van der Waals surface area contributed by atoms with E-state index in [-0.39, 0.29) is 5.56 Å². The first-order valence-corrected chi connectivity index (χ1v) is 8.10. The van der Waals surface area contributed by atoms with Crippen LogP contribution in [0, 0.1) is 12.8 Å². The lowest BCUT2D eigenvalue weighted by Crippen LogP contribution is -2.34. The smallest absolute Gasteiger partial charge is 0.264 e. The van der Waals surface area contributed by atoms with Crippen molar-refractivity contribution < 1.29 is 4.74 Å². The molecule has 1 aliphatic heterocycles. The Bertz CT molecular complexity index is 706. The Morgan fingerprint density at radius 3 is 2.91 bits per heavy atom. The summed E-state index contributed by atoms with van der Waals surface area (Å²) in [6.07, 6.45) is 2.49. The molecule has 1 saturated heterocycles. The van der Waals surface area contributed by atoms with E-state index < -0.39 is 0 Å². The molecule has 5 nitrogen and oxygen atoms in total. The zero-order valence-corrected chi connectivity index (χ0v) is 13.7. The Hall–Kier alpha value is -2.14. The van der Waals surface area contributed by atoms with Crippen LogP contribution in [0.15, 0.2) is 35.1 Å². The summed E-state index contributed by atoms with van der Waals surface area (Å²) in [7, 11) is 2.17. The Balaban J connectivity index is 1.67. The molecule has 1 aromatic carbocycles. The first kappa shape index (κ1) is 15.7. The molecule has 122 valence electrons. The summed E-state index contributed by atoms with van der Waals surface area (Å²) in [6.45, 7) is 5.10. The highest BCUT2D eigenvalue weighted by atomic mass is 16.5. The van der Waals surface area contributed by atoms with E-state index in [1.165, 1.54) is 25.5 Å². The predicted octanol–water partition coefficient (Wildman–Crippen LogP) is 2.47. The largest absolute Gasteiger partial charge is 0.493 e. The fraction of sp³-hybridized carbons (Fsp3) is 0.444. The molecule has 1 N–H and O–H groups in total. The molecule has 2 aromatic rings. The molecule has 1 fully saturated rings. The number of aromatic amines is 1. The molecule has 0 spiro atoms. The van der Waals surface area contributed by atoms with E-state index >= 15 is 0 Å². The van der Waals surface area contributed by atoms with Gasteiger partial charge in [0.2, 0.25) is 0 Å². The van der Waals surface area contributed by atoms with Gasteiger partial charge >= 0.3 is 0 Å². The highest BCUT2D eigenvalue weighted by molar-refractivity contribution is 5.61. The minimum absolute atomic E-state index is 0.192. The summed E-state index contributed by atoms with van der Waals surface area (Å²) in [6, 6.07) is 9.23. The van der Waals surface area contributed by atoms with Crippen LogP contribution in [0.1, 0.15) is 18.4 Å². The van der Waals surface area contributed by atoms with Crippen molar-refractivity contribution in [2.45, 2.75) is 19.8 Å². The number of ether oxygens (including phenoxy) is 1. The lowest BCUT2D eigenvalue weighted by atomic mass is 9.99. The topological polar surface area (TPSA) is 58.2 Å². The molecule has 1 aromatic heterocycles. The number of nitrogens with zero attached hydrogens (tertiary/aromatic N) is 2. The number of rotatable bonds is 4. The minimum atomic E-state index is -0.192. The molecular weight excluding hydrogens is 290 g/mol. The van der Waals surface area contributed by atoms with Crippen molar-refractivity contribution in [3.05, 3.63) is 46.2 Å². The molecule has 2 heterocycles. The lowest BCUT2D eigenvalue weighted by Gasteiger charge is -2.29. The van der Waals surface area contributed by atoms with Crippen molar-refractivity contribution in [3.8, 4) is 17.0 Å². The summed E-state index contributed by atoms with van der Waals surface area (Å²) < 4.78 is 6.03. The maximum absolute atomic E-state index is 11.1. The SMILES string of the molecule is Cc1cc(-c2ccc(=O)[nH]n2)ccc1OCC1CCCN(C)C1. The standard InChI is InChI=1S/C18H23N3O2/c1-13-10-15(16-6-8-18(22)20-19-16)5-7-17(13)23-12-14-4-3-9-21(2)11-14/h5-8,10,14H,3-4,9,11-12H2,1-2H3,(H,20,22). The maximum Gasteiger partial charge on any atom is 0.264 e. The van der Waals surface area contributed by atoms with Crippen LogP contribution in [0.3, 0.4) is 0 Å². The van der Waals surface area contributed by atoms with Crippen LogP contribution in [0.25, 0.3) is 11.3 Å². The second-order valence-electron chi connectivity index (χ2n) is 6.37. The quantitative estimate of drug-likeness (QED) is 0.942. The van der Waals surface area contributed by atoms with E-state index in [0.717, 1.165) is 35.7 Å². The van der Waals surface area contributed by atoms with Crippen molar-refractivity contribution in [2.24, 2.45) is 5.92 Å². The van der Waals surface area contributed by atoms with Gasteiger partial charge in [-0.1, -0.05) is 0 Å². The number of H-pyrrole nitrogens is 1. The summed E-state index contributed by atoms with van der Waals surface area (Å²) in [4.78, 5) is 13.5. The van der Waals surface area contributed by atoms with Crippen molar-refractivity contribution in [2.75, 3.05) is 26.7 Å². The summed E-state index contributed by atoms with van der Waals surface area (Å²) >= 11 is 0. The highest BCUT2D eigenvalue weighted by Crippen LogP contribution is 2.25. The molecule has 0 amide bonds. The molecule has 1 aliphatic rings. The van der Waals surface area contributed by atoms with E-state index in [2.05, 4.69) is 22.1 Å². The van der Waals surface area contributed by atoms with Gasteiger partial charge in [-0.3, -0.25) is 4.79 Å². The fourth-order valence-electron chi connectivity index (χ4n) is 3.09. The number of likely N-dealkylation sites (tertiary alicyclic amines) is 1. The summed E-state index contributed by atoms with van der Waals surface area (Å²) in [5, 5.41) is 6.53. The van der Waals surface area contributed by atoms with Gasteiger partial charge in [-0.05, 0) is 63.2 Å². The van der Waals surface area contributed by atoms with Gasteiger partial charge in [0.1, 0.15) is 5.75 Å². The van der Waals surface area contributed by atoms with Crippen molar-refractivity contribution in [1.29, 1.82) is 0 Å². The summed E-state index contributed by atoms with van der Waals surface area (Å²) in [5.41, 5.74) is 2.62. The molecule has 3 rings (SSSR count). The number of nitrogens with one attached hydrogen (secondary N) is 1. The third kappa shape index (κ3) is 3.99. The Labute approximate surface area is 136 Å². The van der Waals surface area contributed by atoms with Gasteiger partial charge in [-0.25, -0.2) is 5.10 Å². The van der Waals surface area contributed by atoms with Crippen LogP contribution < -0.4 is 10.3 Å². The molecule has 1 unspecified atom stereocenters. The number of piperidine rings is 1. The Morgan fingerprint density at radius 2 is 2.22 bits per heavy atom. The fourth-order valence-corrected chi connectivity index (χ4v) is 3.09. The van der Waals surface area contributed by atoms with Gasteiger partial charge < -0.3 is 9.64 Å². The second kappa shape index (κ2) is 6.96. The number of benzene rings is 1. The van der Waals surface area contributed by atoms with E-state index in [9.17, 15) is 4.79 Å². The zero-order valence-electron chi connectivity index (χ0n) is 13.7. The second-order valence-corrected chi connectivity index (χ2v) is 6.37. The van der Waals surface area contributed by atoms with Crippen LogP contribution in [0.2, 0.25) is 0 Å². The molecule has 0 bridgehead atoms. The molecule has 0 aliphatic carbocycles. The van der Waals surface area contributed by atoms with Crippen LogP contribution in [0.4, 0.5) is 0 Å². The molecule has 1 atom stereocenters. The zero-order chi connectivity index (χ0) is 16.2. The lowest BCUT2D eigenvalue weighted by molar-refractivity contribution is 0.150. The molecule has 0 saturated carbocycles. The van der Waals surface area contributed by atoms with Crippen molar-refractivity contribution in [3.63, 3.8) is 0 Å². The van der Waals surface area contributed by atoms with Gasteiger partial charge in [0, 0.05) is 24.1 Å². The first-order valence-electron chi connectivity index (χ1n) is 8.10. The third-order valence-corrected chi connectivity index (χ3v) is 4.35. The van der Waals surface area contributed by atoms with E-state index in [1.54, 1.807) is 6.07 Å². The van der Waals surface area contributed by atoms with Crippen LogP contribution in [-0.4, -0.2) is 41.8 Å². The van der Waals surface area contributed by atoms with E-state index in [0.29, 0.717) is 5.92 Å². The maximum atomic E-state index is 11.1. The van der Waals surface area contributed by atoms with E-state index in [1.807, 2.05) is 25.1 Å². The average molecular weight is 313 g/mol. The van der Waals surface area contributed by atoms with Crippen LogP contribution >= 0.6 is 0 Å². The molecular formula is C18H23N3O2. The number of aryl methyl sites for hydroxylation is 1. The Morgan fingerprint density at radius 1 is 1.35 bits per heavy atom. The van der Waals surface area contributed by atoms with Crippen molar-refractivity contribution in [1.82, 2.24) is 15.1 Å². The Kier molecular flexibility index (Phi) is 4.76. The number of hydrogen-bond acceptors (Lipinski definition) is 4. The normalized spacial score (nSPS) is 18.8. The molecule has 5 heteroatoms. The molecule has 0 radical (unpaired) electrons. The monoisotopic (exact) mass is 313 g/mol. The van der Waals surface area contributed by atoms with Gasteiger partial charge in [0.15, 0.2) is 0 Å². The van der Waals surface area contributed by atoms with E-state index in [4.69, 9.17) is 4.74 Å². The van der Waals surface area contributed by atoms with Gasteiger partial charge in [0.05, 0.1) is 12.3 Å². The first-order chi connectivity index (χ1) is 11.1. The van der Waals surface area contributed by atoms with Crippen LogP contribution in [0.5, 0.6) is 5.75 Å². The van der Waals surface area contributed by atoms with Gasteiger partial charge in [0.25, 0.3) is 5.56 Å². The number of hydrogen-bond donors (Lipinski definition) is 1. The predicted molar refractivity (Wildman–Crippen MR) is 90.7 cm³/mol. The summed E-state index contributed by atoms with van der Waals surface area (Å²) in [5.74, 6) is 1.53.